The fraction of sp³-hybridized carbons (Fsp3) is 0.130. The summed E-state index contributed by atoms with van der Waals surface area (Å²) in [5, 5.41) is 8.75. The largest absolute Gasteiger partial charge is 0.340 e. The van der Waals surface area contributed by atoms with Gasteiger partial charge in [0.2, 0.25) is 5.91 Å². The Morgan fingerprint density at radius 3 is 2.33 bits per heavy atom. The Labute approximate surface area is 164 Å². The van der Waals surface area contributed by atoms with Crippen LogP contribution in [-0.4, -0.2) is 17.9 Å². The van der Waals surface area contributed by atoms with E-state index in [1.54, 1.807) is 22.7 Å². The Hall–Kier alpha value is -3.03. The maximum atomic E-state index is 13.2. The van der Waals surface area contributed by atoms with Crippen molar-refractivity contribution in [3.63, 3.8) is 0 Å². The van der Waals surface area contributed by atoms with Crippen LogP contribution >= 0.6 is 11.8 Å². The molecule has 134 valence electrons. The molecule has 1 atom stereocenters. The molecule has 0 aliphatic rings. The Balaban J connectivity index is 1.82. The molecule has 0 aliphatic carbocycles. The van der Waals surface area contributed by atoms with E-state index in [-0.39, 0.29) is 11.2 Å². The molecule has 4 heteroatoms. The van der Waals surface area contributed by atoms with Gasteiger partial charge < -0.3 is 4.90 Å². The molecule has 3 aromatic carbocycles. The first-order valence-electron chi connectivity index (χ1n) is 8.68. The molecule has 3 rings (SSSR count). The van der Waals surface area contributed by atoms with E-state index in [1.807, 2.05) is 85.9 Å². The number of thioether (sulfide) groups is 1. The highest BCUT2D eigenvalue weighted by Gasteiger charge is 2.25. The highest BCUT2D eigenvalue weighted by Crippen LogP contribution is 2.36. The Kier molecular flexibility index (Phi) is 6.30. The average molecular weight is 372 g/mol. The quantitative estimate of drug-likeness (QED) is 0.569. The summed E-state index contributed by atoms with van der Waals surface area (Å²) in [5.74, 6) is 0.0393. The Morgan fingerprint density at radius 1 is 1.00 bits per heavy atom. The molecule has 0 radical (unpaired) electrons. The zero-order valence-corrected chi connectivity index (χ0v) is 15.9. The minimum Gasteiger partial charge on any atom is -0.340 e. The summed E-state index contributed by atoms with van der Waals surface area (Å²) < 4.78 is 0. The molecule has 1 amide bonds. The molecular formula is C23H20N2OS. The first-order chi connectivity index (χ1) is 13.2. The second-order valence-electron chi connectivity index (χ2n) is 6.23. The maximum absolute atomic E-state index is 13.2. The number of carbonyl (C=O) groups excluding carboxylic acids is 1. The molecule has 27 heavy (non-hydrogen) atoms. The van der Waals surface area contributed by atoms with Crippen molar-refractivity contribution in [1.82, 2.24) is 4.90 Å². The molecule has 0 aliphatic heterocycles. The number of hydrogen-bond acceptors (Lipinski definition) is 3. The topological polar surface area (TPSA) is 44.1 Å². The third kappa shape index (κ3) is 4.99. The van der Waals surface area contributed by atoms with Crippen molar-refractivity contribution in [1.29, 1.82) is 5.26 Å². The molecular weight excluding hydrogens is 352 g/mol. The van der Waals surface area contributed by atoms with Gasteiger partial charge in [0.1, 0.15) is 5.25 Å². The lowest BCUT2D eigenvalue weighted by molar-refractivity contribution is -0.129. The average Bonchev–Trinajstić information content (AvgIpc) is 2.73. The Morgan fingerprint density at radius 2 is 1.67 bits per heavy atom. The molecule has 3 aromatic rings. The fourth-order valence-electron chi connectivity index (χ4n) is 2.82. The summed E-state index contributed by atoms with van der Waals surface area (Å²) in [4.78, 5) is 16.0. The molecule has 0 spiro atoms. The van der Waals surface area contributed by atoms with Gasteiger partial charge in [-0.1, -0.05) is 60.7 Å². The van der Waals surface area contributed by atoms with Gasteiger partial charge in [-0.25, -0.2) is 0 Å². The lowest BCUT2D eigenvalue weighted by Gasteiger charge is -2.24. The zero-order chi connectivity index (χ0) is 19.1. The standard InChI is InChI=1S/C23H20N2OS/c1-25(17-19-10-8-9-18(15-19)16-24)23(26)22(20-11-4-2-5-12-20)27-21-13-6-3-7-14-21/h2-15,22H,17H2,1H3. The van der Waals surface area contributed by atoms with Crippen LogP contribution in [0, 0.1) is 11.3 Å². The molecule has 0 N–H and O–H groups in total. The lowest BCUT2D eigenvalue weighted by Crippen LogP contribution is -2.30. The van der Waals surface area contributed by atoms with Crippen LogP contribution in [0.1, 0.15) is 21.9 Å². The van der Waals surface area contributed by atoms with Crippen LogP contribution in [0.4, 0.5) is 0 Å². The van der Waals surface area contributed by atoms with Crippen LogP contribution in [0.2, 0.25) is 0 Å². The van der Waals surface area contributed by atoms with Crippen molar-refractivity contribution in [2.75, 3.05) is 7.05 Å². The highest BCUT2D eigenvalue weighted by molar-refractivity contribution is 8.00. The molecule has 0 fully saturated rings. The lowest BCUT2D eigenvalue weighted by atomic mass is 10.1. The van der Waals surface area contributed by atoms with Crippen molar-refractivity contribution < 1.29 is 4.79 Å². The number of carbonyl (C=O) groups is 1. The van der Waals surface area contributed by atoms with Gasteiger partial charge in [-0.15, -0.1) is 11.8 Å². The van der Waals surface area contributed by atoms with Crippen molar-refractivity contribution in [2.45, 2.75) is 16.7 Å². The first-order valence-corrected chi connectivity index (χ1v) is 9.56. The molecule has 0 bridgehead atoms. The van der Waals surface area contributed by atoms with Crippen LogP contribution in [0.3, 0.4) is 0 Å². The molecule has 0 heterocycles. The Bertz CT molecular complexity index is 935. The number of amides is 1. The monoisotopic (exact) mass is 372 g/mol. The van der Waals surface area contributed by atoms with Crippen LogP contribution in [0.25, 0.3) is 0 Å². The van der Waals surface area contributed by atoms with Crippen LogP contribution in [0.5, 0.6) is 0 Å². The van der Waals surface area contributed by atoms with Gasteiger partial charge in [0.15, 0.2) is 0 Å². The van der Waals surface area contributed by atoms with E-state index < -0.39 is 0 Å². The number of likely N-dealkylation sites (N-methyl/N-ethyl adjacent to an activating group) is 1. The highest BCUT2D eigenvalue weighted by atomic mass is 32.2. The first kappa shape index (κ1) is 18.8. The normalized spacial score (nSPS) is 11.4. The van der Waals surface area contributed by atoms with Gasteiger partial charge in [0.25, 0.3) is 0 Å². The van der Waals surface area contributed by atoms with Crippen molar-refractivity contribution >= 4 is 17.7 Å². The van der Waals surface area contributed by atoms with Crippen molar-refractivity contribution in [3.05, 3.63) is 102 Å². The molecule has 0 saturated carbocycles. The SMILES string of the molecule is CN(Cc1cccc(C#N)c1)C(=O)C(Sc1ccccc1)c1ccccc1. The summed E-state index contributed by atoms with van der Waals surface area (Å²) in [6.07, 6.45) is 0. The minimum absolute atomic E-state index is 0.0393. The summed E-state index contributed by atoms with van der Waals surface area (Å²) in [5.41, 5.74) is 2.53. The van der Waals surface area contributed by atoms with E-state index in [0.717, 1.165) is 16.0 Å². The smallest absolute Gasteiger partial charge is 0.240 e. The predicted molar refractivity (Wildman–Crippen MR) is 109 cm³/mol. The second kappa shape index (κ2) is 9.07. The molecule has 3 nitrogen and oxygen atoms in total. The predicted octanol–water partition coefficient (Wildman–Crippen LogP) is 5.05. The zero-order valence-electron chi connectivity index (χ0n) is 15.1. The number of nitrogens with zero attached hydrogens (tertiary/aromatic N) is 2. The molecule has 0 saturated heterocycles. The van der Waals surface area contributed by atoms with E-state index in [2.05, 4.69) is 6.07 Å². The fourth-order valence-corrected chi connectivity index (χ4v) is 3.98. The number of nitriles is 1. The van der Waals surface area contributed by atoms with Gasteiger partial charge in [-0.05, 0) is 35.4 Å². The number of benzene rings is 3. The van der Waals surface area contributed by atoms with Crippen LogP contribution in [-0.2, 0) is 11.3 Å². The van der Waals surface area contributed by atoms with E-state index in [1.165, 1.54) is 0 Å². The number of hydrogen-bond donors (Lipinski definition) is 0. The van der Waals surface area contributed by atoms with E-state index in [4.69, 9.17) is 5.26 Å². The van der Waals surface area contributed by atoms with Crippen LogP contribution < -0.4 is 0 Å². The molecule has 0 aromatic heterocycles. The maximum Gasteiger partial charge on any atom is 0.240 e. The van der Waals surface area contributed by atoms with E-state index in [9.17, 15) is 4.79 Å². The summed E-state index contributed by atoms with van der Waals surface area (Å²) in [6.45, 7) is 0.465. The third-order valence-corrected chi connectivity index (χ3v) is 5.43. The van der Waals surface area contributed by atoms with Gasteiger partial charge in [-0.2, -0.15) is 5.26 Å². The van der Waals surface area contributed by atoms with Gasteiger partial charge in [-0.3, -0.25) is 4.79 Å². The minimum atomic E-state index is -0.322. The van der Waals surface area contributed by atoms with Gasteiger partial charge in [0, 0.05) is 18.5 Å². The third-order valence-electron chi connectivity index (χ3n) is 4.18. The summed E-state index contributed by atoms with van der Waals surface area (Å²) >= 11 is 1.55. The van der Waals surface area contributed by atoms with E-state index >= 15 is 0 Å². The second-order valence-corrected chi connectivity index (χ2v) is 7.41. The van der Waals surface area contributed by atoms with Gasteiger partial charge >= 0.3 is 0 Å². The summed E-state index contributed by atoms with van der Waals surface area (Å²) in [6, 6.07) is 29.3. The number of rotatable bonds is 6. The van der Waals surface area contributed by atoms with E-state index in [0.29, 0.717) is 12.1 Å². The van der Waals surface area contributed by atoms with Gasteiger partial charge in [0.05, 0.1) is 11.6 Å². The molecule has 1 unspecified atom stereocenters. The van der Waals surface area contributed by atoms with Crippen LogP contribution in [0.15, 0.2) is 89.8 Å². The van der Waals surface area contributed by atoms with Crippen molar-refractivity contribution in [2.24, 2.45) is 0 Å². The van der Waals surface area contributed by atoms with Crippen molar-refractivity contribution in [3.8, 4) is 6.07 Å². The summed E-state index contributed by atoms with van der Waals surface area (Å²) in [7, 11) is 1.81.